The van der Waals surface area contributed by atoms with Gasteiger partial charge in [-0.1, -0.05) is 72.3 Å². The standard InChI is InChI=1S/C38H38ClN5O8S/c1-3-20-42-25-35(46)43-32(21-26-12-16-30(45)17-13-26)37(47)41(24-34(43)44(42)38(48)40-22-27-8-5-4-6-9-27)23-28-10-7-11-33(51-2)36(28)52-53(49,50)31-18-14-29(39)15-19-31/h3-19,32,34,45H,1,20-25H2,2H3,(H,40,48)/t32-,34-/m0/s1. The number of piperazine rings is 1. The molecule has 276 valence electrons. The van der Waals surface area contributed by atoms with Crippen LogP contribution in [0.25, 0.3) is 0 Å². The lowest BCUT2D eigenvalue weighted by atomic mass is 9.98. The number of halogens is 1. The summed E-state index contributed by atoms with van der Waals surface area (Å²) in [6.45, 7) is 3.74. The van der Waals surface area contributed by atoms with Gasteiger partial charge in [-0.2, -0.15) is 8.42 Å². The van der Waals surface area contributed by atoms with Crippen molar-refractivity contribution in [2.24, 2.45) is 0 Å². The topological polar surface area (TPSA) is 149 Å². The third-order valence-corrected chi connectivity index (χ3v) is 10.5. The Balaban J connectivity index is 1.38. The van der Waals surface area contributed by atoms with Crippen LogP contribution in [0, 0.1) is 0 Å². The van der Waals surface area contributed by atoms with E-state index in [0.29, 0.717) is 16.1 Å². The number of urea groups is 1. The summed E-state index contributed by atoms with van der Waals surface area (Å²) in [5, 5.41) is 16.2. The van der Waals surface area contributed by atoms with E-state index in [1.165, 1.54) is 64.4 Å². The fourth-order valence-electron chi connectivity index (χ4n) is 6.46. The minimum atomic E-state index is -4.38. The number of aromatic hydroxyl groups is 1. The third kappa shape index (κ3) is 8.25. The Hall–Kier alpha value is -5.57. The number of hydrogen-bond acceptors (Lipinski definition) is 9. The number of phenols is 1. The second-order valence-corrected chi connectivity index (χ2v) is 14.4. The van der Waals surface area contributed by atoms with Gasteiger partial charge in [-0.15, -0.1) is 6.58 Å². The number of ether oxygens (including phenoxy) is 1. The SMILES string of the molecule is C=CCN1CC(=O)N2[C@@H](Cc3ccc(O)cc3)C(=O)N(Cc3cccc(OC)c3OS(=O)(=O)c3ccc(Cl)cc3)C[C@@H]2N1C(=O)NCc1ccccc1. The molecule has 2 aliphatic rings. The van der Waals surface area contributed by atoms with Crippen molar-refractivity contribution in [2.45, 2.75) is 36.6 Å². The number of para-hydroxylation sites is 1. The number of nitrogens with one attached hydrogen (secondary N) is 1. The molecule has 2 N–H and O–H groups in total. The molecule has 0 radical (unpaired) electrons. The Morgan fingerprint density at radius 3 is 2.38 bits per heavy atom. The molecule has 4 amide bonds. The second kappa shape index (κ2) is 16.0. The van der Waals surface area contributed by atoms with E-state index in [1.54, 1.807) is 35.4 Å². The molecular formula is C38H38ClN5O8S. The van der Waals surface area contributed by atoms with Crippen LogP contribution in [-0.4, -0.2) is 90.1 Å². The highest BCUT2D eigenvalue weighted by molar-refractivity contribution is 7.87. The van der Waals surface area contributed by atoms with E-state index < -0.39 is 34.3 Å². The first-order valence-corrected chi connectivity index (χ1v) is 18.5. The van der Waals surface area contributed by atoms with Crippen molar-refractivity contribution in [1.82, 2.24) is 25.1 Å². The number of carbonyl (C=O) groups excluding carboxylic acids is 3. The molecule has 15 heteroatoms. The zero-order chi connectivity index (χ0) is 37.7. The van der Waals surface area contributed by atoms with E-state index in [-0.39, 0.29) is 67.2 Å². The van der Waals surface area contributed by atoms with Gasteiger partial charge in [-0.3, -0.25) is 9.59 Å². The molecule has 4 aromatic carbocycles. The predicted octanol–water partition coefficient (Wildman–Crippen LogP) is 4.56. The number of nitrogens with zero attached hydrogens (tertiary/aromatic N) is 4. The number of fused-ring (bicyclic) bond motifs is 1. The molecule has 0 aliphatic carbocycles. The fraction of sp³-hybridized carbons (Fsp3) is 0.237. The Labute approximate surface area is 312 Å². The highest BCUT2D eigenvalue weighted by Crippen LogP contribution is 2.36. The zero-order valence-electron chi connectivity index (χ0n) is 28.8. The monoisotopic (exact) mass is 759 g/mol. The van der Waals surface area contributed by atoms with Gasteiger partial charge < -0.3 is 29.1 Å². The lowest BCUT2D eigenvalue weighted by molar-refractivity contribution is -0.189. The molecule has 2 atom stereocenters. The largest absolute Gasteiger partial charge is 0.508 e. The summed E-state index contributed by atoms with van der Waals surface area (Å²) >= 11 is 5.98. The van der Waals surface area contributed by atoms with Crippen LogP contribution in [-0.2, 0) is 39.2 Å². The molecule has 0 unspecified atom stereocenters. The molecule has 0 aromatic heterocycles. The predicted molar refractivity (Wildman–Crippen MR) is 196 cm³/mol. The van der Waals surface area contributed by atoms with Crippen LogP contribution in [0.1, 0.15) is 16.7 Å². The van der Waals surface area contributed by atoms with Crippen LogP contribution in [0.2, 0.25) is 5.02 Å². The minimum Gasteiger partial charge on any atom is -0.508 e. The number of phenolic OH excluding ortho intramolecular Hbond substituents is 1. The molecular weight excluding hydrogens is 722 g/mol. The molecule has 6 rings (SSSR count). The fourth-order valence-corrected chi connectivity index (χ4v) is 7.56. The first-order valence-electron chi connectivity index (χ1n) is 16.7. The first kappa shape index (κ1) is 37.2. The summed E-state index contributed by atoms with van der Waals surface area (Å²) in [4.78, 5) is 45.3. The van der Waals surface area contributed by atoms with Gasteiger partial charge in [0.25, 0.3) is 0 Å². The van der Waals surface area contributed by atoms with E-state index >= 15 is 0 Å². The molecule has 0 saturated carbocycles. The van der Waals surface area contributed by atoms with Gasteiger partial charge in [0.1, 0.15) is 22.9 Å². The van der Waals surface area contributed by atoms with Gasteiger partial charge in [0.05, 0.1) is 20.2 Å². The summed E-state index contributed by atoms with van der Waals surface area (Å²) in [5.74, 6) is -0.767. The lowest BCUT2D eigenvalue weighted by Crippen LogP contribution is -2.76. The molecule has 0 spiro atoms. The van der Waals surface area contributed by atoms with Gasteiger partial charge >= 0.3 is 16.1 Å². The summed E-state index contributed by atoms with van der Waals surface area (Å²) in [6, 6.07) is 24.4. The number of methoxy groups -OCH3 is 1. The maximum atomic E-state index is 14.5. The van der Waals surface area contributed by atoms with Crippen LogP contribution >= 0.6 is 11.6 Å². The van der Waals surface area contributed by atoms with Crippen LogP contribution in [0.5, 0.6) is 17.2 Å². The van der Waals surface area contributed by atoms with E-state index in [2.05, 4.69) is 11.9 Å². The van der Waals surface area contributed by atoms with Gasteiger partial charge in [0.15, 0.2) is 11.5 Å². The van der Waals surface area contributed by atoms with E-state index in [0.717, 1.165) is 5.56 Å². The molecule has 0 bridgehead atoms. The highest BCUT2D eigenvalue weighted by Gasteiger charge is 2.51. The van der Waals surface area contributed by atoms with Crippen LogP contribution in [0.4, 0.5) is 4.79 Å². The molecule has 2 aliphatic heterocycles. The first-order chi connectivity index (χ1) is 25.5. The second-order valence-electron chi connectivity index (χ2n) is 12.5. The Morgan fingerprint density at radius 1 is 0.981 bits per heavy atom. The number of hydrazine groups is 1. The molecule has 4 aromatic rings. The smallest absolute Gasteiger partial charge is 0.339 e. The van der Waals surface area contributed by atoms with E-state index in [9.17, 15) is 27.9 Å². The molecule has 2 heterocycles. The summed E-state index contributed by atoms with van der Waals surface area (Å²) in [7, 11) is -3.01. The van der Waals surface area contributed by atoms with Crippen molar-refractivity contribution in [2.75, 3.05) is 26.7 Å². The Morgan fingerprint density at radius 2 is 1.70 bits per heavy atom. The van der Waals surface area contributed by atoms with Crippen molar-refractivity contribution in [3.8, 4) is 17.2 Å². The lowest BCUT2D eigenvalue weighted by Gasteiger charge is -2.55. The van der Waals surface area contributed by atoms with Crippen molar-refractivity contribution < 1.29 is 36.8 Å². The average molecular weight is 760 g/mol. The van der Waals surface area contributed by atoms with Crippen LogP contribution in [0.3, 0.4) is 0 Å². The van der Waals surface area contributed by atoms with Crippen molar-refractivity contribution in [1.29, 1.82) is 0 Å². The number of amides is 4. The highest BCUT2D eigenvalue weighted by atomic mass is 35.5. The number of carbonyl (C=O) groups is 3. The van der Waals surface area contributed by atoms with Crippen molar-refractivity contribution in [3.05, 3.63) is 131 Å². The third-order valence-electron chi connectivity index (χ3n) is 8.97. The maximum Gasteiger partial charge on any atom is 0.339 e. The molecule has 2 saturated heterocycles. The van der Waals surface area contributed by atoms with Crippen LogP contribution < -0.4 is 14.2 Å². The van der Waals surface area contributed by atoms with Gasteiger partial charge in [0.2, 0.25) is 11.8 Å². The van der Waals surface area contributed by atoms with Gasteiger partial charge in [0, 0.05) is 36.6 Å². The average Bonchev–Trinajstić information content (AvgIpc) is 3.14. The van der Waals surface area contributed by atoms with Crippen LogP contribution in [0.15, 0.2) is 115 Å². The maximum absolute atomic E-state index is 14.5. The quantitative estimate of drug-likeness (QED) is 0.157. The van der Waals surface area contributed by atoms with E-state index in [4.69, 9.17) is 20.5 Å². The summed E-state index contributed by atoms with van der Waals surface area (Å²) in [5.41, 5.74) is 1.84. The molecule has 53 heavy (non-hydrogen) atoms. The zero-order valence-corrected chi connectivity index (χ0v) is 30.4. The van der Waals surface area contributed by atoms with Gasteiger partial charge in [-0.25, -0.2) is 14.8 Å². The molecule has 2 fully saturated rings. The minimum absolute atomic E-state index is 0.0395. The number of rotatable bonds is 12. The normalized spacial score (nSPS) is 17.7. The Kier molecular flexibility index (Phi) is 11.2. The summed E-state index contributed by atoms with van der Waals surface area (Å²) in [6.07, 6.45) is 0.700. The number of hydrogen-bond donors (Lipinski definition) is 2. The molecule has 13 nitrogen and oxygen atoms in total. The van der Waals surface area contributed by atoms with Gasteiger partial charge in [-0.05, 0) is 53.6 Å². The van der Waals surface area contributed by atoms with E-state index in [1.807, 2.05) is 30.3 Å². The van der Waals surface area contributed by atoms with Crippen molar-refractivity contribution >= 4 is 39.6 Å². The number of benzene rings is 4. The van der Waals surface area contributed by atoms with Crippen molar-refractivity contribution in [3.63, 3.8) is 0 Å². The Bertz CT molecular complexity index is 2080. The summed E-state index contributed by atoms with van der Waals surface area (Å²) < 4.78 is 38.1.